The van der Waals surface area contributed by atoms with Crippen molar-refractivity contribution in [2.24, 2.45) is 5.73 Å². The number of nitrogens with two attached hydrogens (primary N) is 2. The Labute approximate surface area is 90.8 Å². The van der Waals surface area contributed by atoms with E-state index in [-0.39, 0.29) is 24.5 Å². The first-order valence-electron chi connectivity index (χ1n) is 4.53. The number of benzene rings is 1. The lowest BCUT2D eigenvalue weighted by Gasteiger charge is -2.10. The fourth-order valence-electron chi connectivity index (χ4n) is 1.12. The van der Waals surface area contributed by atoms with Crippen molar-refractivity contribution in [3.8, 4) is 0 Å². The van der Waals surface area contributed by atoms with E-state index in [1.807, 2.05) is 0 Å². The Balaban J connectivity index is 2.60. The van der Waals surface area contributed by atoms with Gasteiger partial charge in [0.15, 0.2) is 11.6 Å². The highest BCUT2D eigenvalue weighted by molar-refractivity contribution is 5.71. The van der Waals surface area contributed by atoms with Gasteiger partial charge in [0.2, 0.25) is 0 Å². The van der Waals surface area contributed by atoms with Crippen LogP contribution in [0.15, 0.2) is 12.1 Å². The van der Waals surface area contributed by atoms with Crippen molar-refractivity contribution < 1.29 is 13.6 Å². The molecule has 0 spiro atoms. The number of hydrogen-bond donors (Lipinski definition) is 4. The minimum Gasteiger partial charge on any atom is -0.397 e. The van der Waals surface area contributed by atoms with Crippen LogP contribution in [0.5, 0.6) is 0 Å². The van der Waals surface area contributed by atoms with Gasteiger partial charge in [0, 0.05) is 13.1 Å². The first-order valence-corrected chi connectivity index (χ1v) is 4.53. The maximum atomic E-state index is 13.2. The molecule has 5 nitrogen and oxygen atoms in total. The molecule has 0 aromatic heterocycles. The van der Waals surface area contributed by atoms with Crippen LogP contribution in [0.4, 0.5) is 25.0 Å². The minimum atomic E-state index is -1.04. The molecule has 0 radical (unpaired) electrons. The number of rotatable bonds is 4. The molecule has 0 aliphatic heterocycles. The Morgan fingerprint density at radius 2 is 2.00 bits per heavy atom. The van der Waals surface area contributed by atoms with Gasteiger partial charge in [0.1, 0.15) is 0 Å². The molecule has 0 aliphatic carbocycles. The van der Waals surface area contributed by atoms with E-state index in [1.165, 1.54) is 6.07 Å². The average molecular weight is 230 g/mol. The lowest BCUT2D eigenvalue weighted by molar-refractivity contribution is 0.249. The molecule has 0 unspecified atom stereocenters. The largest absolute Gasteiger partial charge is 0.397 e. The molecule has 7 heteroatoms. The van der Waals surface area contributed by atoms with Gasteiger partial charge in [-0.25, -0.2) is 13.6 Å². The molecule has 6 N–H and O–H groups in total. The molecule has 1 rings (SSSR count). The molecular weight excluding hydrogens is 218 g/mol. The van der Waals surface area contributed by atoms with Gasteiger partial charge in [-0.1, -0.05) is 0 Å². The number of amides is 2. The Hall–Kier alpha value is -2.05. The lowest BCUT2D eigenvalue weighted by Crippen LogP contribution is -2.33. The third-order valence-corrected chi connectivity index (χ3v) is 1.85. The smallest absolute Gasteiger partial charge is 0.312 e. The number of anilines is 2. The average Bonchev–Trinajstić information content (AvgIpc) is 2.22. The van der Waals surface area contributed by atoms with Crippen LogP contribution in [-0.2, 0) is 0 Å². The van der Waals surface area contributed by atoms with E-state index in [0.29, 0.717) is 0 Å². The monoisotopic (exact) mass is 230 g/mol. The van der Waals surface area contributed by atoms with Crippen molar-refractivity contribution in [2.75, 3.05) is 24.1 Å². The number of hydrogen-bond acceptors (Lipinski definition) is 3. The molecule has 0 fully saturated rings. The number of carbonyl (C=O) groups excluding carboxylic acids is 1. The van der Waals surface area contributed by atoms with E-state index >= 15 is 0 Å². The predicted octanol–water partition coefficient (Wildman–Crippen LogP) is 0.627. The summed E-state index contributed by atoms with van der Waals surface area (Å²) < 4.78 is 26.1. The fourth-order valence-corrected chi connectivity index (χ4v) is 1.12. The highest BCUT2D eigenvalue weighted by atomic mass is 19.2. The van der Waals surface area contributed by atoms with Crippen LogP contribution < -0.4 is 22.1 Å². The molecule has 16 heavy (non-hydrogen) atoms. The molecule has 0 saturated heterocycles. The van der Waals surface area contributed by atoms with E-state index in [1.54, 1.807) is 0 Å². The van der Waals surface area contributed by atoms with Gasteiger partial charge in [-0.05, 0) is 12.1 Å². The van der Waals surface area contributed by atoms with E-state index in [0.717, 1.165) is 6.07 Å². The van der Waals surface area contributed by atoms with E-state index in [4.69, 9.17) is 11.5 Å². The first kappa shape index (κ1) is 12.0. The molecule has 0 aliphatic rings. The zero-order valence-electron chi connectivity index (χ0n) is 8.39. The van der Waals surface area contributed by atoms with Crippen molar-refractivity contribution in [3.63, 3.8) is 0 Å². The SMILES string of the molecule is NC(=O)NCCNc1c(N)ccc(F)c1F. The molecule has 0 saturated carbocycles. The van der Waals surface area contributed by atoms with Crippen molar-refractivity contribution in [2.45, 2.75) is 0 Å². The summed E-state index contributed by atoms with van der Waals surface area (Å²) >= 11 is 0. The fraction of sp³-hybridized carbons (Fsp3) is 0.222. The number of primary amides is 1. The van der Waals surface area contributed by atoms with Gasteiger partial charge in [-0.3, -0.25) is 0 Å². The predicted molar refractivity (Wildman–Crippen MR) is 56.8 cm³/mol. The number of halogens is 2. The quantitative estimate of drug-likeness (QED) is 0.451. The van der Waals surface area contributed by atoms with Crippen LogP contribution in [-0.4, -0.2) is 19.1 Å². The van der Waals surface area contributed by atoms with Crippen LogP contribution in [0.3, 0.4) is 0 Å². The van der Waals surface area contributed by atoms with Gasteiger partial charge < -0.3 is 22.1 Å². The summed E-state index contributed by atoms with van der Waals surface area (Å²) in [6.07, 6.45) is 0. The number of carbonyl (C=O) groups is 1. The normalized spacial score (nSPS) is 9.88. The van der Waals surface area contributed by atoms with Crippen LogP contribution in [0.25, 0.3) is 0 Å². The topological polar surface area (TPSA) is 93.2 Å². The maximum absolute atomic E-state index is 13.2. The highest BCUT2D eigenvalue weighted by Gasteiger charge is 2.10. The Morgan fingerprint density at radius 3 is 2.62 bits per heavy atom. The molecule has 0 bridgehead atoms. The van der Waals surface area contributed by atoms with Crippen molar-refractivity contribution in [3.05, 3.63) is 23.8 Å². The molecule has 0 atom stereocenters. The second kappa shape index (κ2) is 5.15. The van der Waals surface area contributed by atoms with E-state index in [2.05, 4.69) is 10.6 Å². The summed E-state index contributed by atoms with van der Waals surface area (Å²) in [6, 6.07) is 1.51. The lowest BCUT2D eigenvalue weighted by atomic mass is 10.2. The van der Waals surface area contributed by atoms with Crippen LogP contribution in [0.2, 0.25) is 0 Å². The second-order valence-corrected chi connectivity index (χ2v) is 3.04. The molecular formula is C9H12F2N4O. The van der Waals surface area contributed by atoms with Gasteiger partial charge >= 0.3 is 6.03 Å². The molecule has 1 aromatic rings. The van der Waals surface area contributed by atoms with Crippen molar-refractivity contribution in [1.82, 2.24) is 5.32 Å². The van der Waals surface area contributed by atoms with Gasteiger partial charge in [-0.2, -0.15) is 0 Å². The minimum absolute atomic E-state index is 0.0953. The summed E-state index contributed by atoms with van der Waals surface area (Å²) in [7, 11) is 0. The van der Waals surface area contributed by atoms with E-state index < -0.39 is 17.7 Å². The zero-order chi connectivity index (χ0) is 12.1. The van der Waals surface area contributed by atoms with Gasteiger partial charge in [0.25, 0.3) is 0 Å². The van der Waals surface area contributed by atoms with Crippen LogP contribution >= 0.6 is 0 Å². The number of urea groups is 1. The third kappa shape index (κ3) is 2.97. The summed E-state index contributed by atoms with van der Waals surface area (Å²) in [4.78, 5) is 10.3. The molecule has 0 heterocycles. The molecule has 88 valence electrons. The summed E-state index contributed by atoms with van der Waals surface area (Å²) in [5.41, 5.74) is 10.2. The molecule has 1 aromatic carbocycles. The number of nitrogens with one attached hydrogen (secondary N) is 2. The van der Waals surface area contributed by atoms with Gasteiger partial charge in [0.05, 0.1) is 11.4 Å². The maximum Gasteiger partial charge on any atom is 0.312 e. The second-order valence-electron chi connectivity index (χ2n) is 3.04. The zero-order valence-corrected chi connectivity index (χ0v) is 8.39. The van der Waals surface area contributed by atoms with E-state index in [9.17, 15) is 13.6 Å². The third-order valence-electron chi connectivity index (χ3n) is 1.85. The summed E-state index contributed by atoms with van der Waals surface area (Å²) in [5, 5.41) is 4.86. The van der Waals surface area contributed by atoms with Crippen molar-refractivity contribution >= 4 is 17.4 Å². The van der Waals surface area contributed by atoms with Crippen LogP contribution in [0, 0.1) is 11.6 Å². The highest BCUT2D eigenvalue weighted by Crippen LogP contribution is 2.23. The Morgan fingerprint density at radius 1 is 1.31 bits per heavy atom. The van der Waals surface area contributed by atoms with Gasteiger partial charge in [-0.15, -0.1) is 0 Å². The first-order chi connectivity index (χ1) is 7.52. The Bertz CT molecular complexity index is 397. The number of nitrogen functional groups attached to an aromatic ring is 1. The van der Waals surface area contributed by atoms with Crippen LogP contribution in [0.1, 0.15) is 0 Å². The summed E-state index contributed by atoms with van der Waals surface area (Å²) in [6.45, 7) is 0.373. The molecule has 2 amide bonds. The Kier molecular flexibility index (Phi) is 3.87. The van der Waals surface area contributed by atoms with Crippen molar-refractivity contribution in [1.29, 1.82) is 0 Å². The standard InChI is InChI=1S/C9H12F2N4O/c10-5-1-2-6(12)8(7(5)11)14-3-4-15-9(13)16/h1-2,14H,3-4,12H2,(H3,13,15,16). The summed E-state index contributed by atoms with van der Waals surface area (Å²) in [5.74, 6) is -2.03.